The zero-order valence-corrected chi connectivity index (χ0v) is 17.2. The SMILES string of the molecule is CC/C=C(/C=C(/NCc1cccs1)c1sc(CC)c(C)c1C)CC. The highest BCUT2D eigenvalue weighted by Crippen LogP contribution is 2.33. The molecule has 2 rings (SSSR count). The van der Waals surface area contributed by atoms with E-state index in [0.29, 0.717) is 0 Å². The molecule has 130 valence electrons. The predicted octanol–water partition coefficient (Wildman–Crippen LogP) is 6.87. The van der Waals surface area contributed by atoms with Gasteiger partial charge in [0.15, 0.2) is 0 Å². The molecule has 1 N–H and O–H groups in total. The van der Waals surface area contributed by atoms with Crippen LogP contribution in [0.2, 0.25) is 0 Å². The van der Waals surface area contributed by atoms with Gasteiger partial charge in [-0.3, -0.25) is 0 Å². The Morgan fingerprint density at radius 3 is 2.50 bits per heavy atom. The van der Waals surface area contributed by atoms with E-state index in [1.165, 1.54) is 37.0 Å². The smallest absolute Gasteiger partial charge is 0.0536 e. The number of hydrogen-bond acceptors (Lipinski definition) is 3. The lowest BCUT2D eigenvalue weighted by Crippen LogP contribution is -2.11. The normalized spacial score (nSPS) is 12.7. The lowest BCUT2D eigenvalue weighted by Gasteiger charge is -2.12. The second kappa shape index (κ2) is 9.24. The van der Waals surface area contributed by atoms with Gasteiger partial charge in [0, 0.05) is 16.3 Å². The molecule has 0 aliphatic heterocycles. The van der Waals surface area contributed by atoms with Crippen molar-refractivity contribution in [2.45, 2.75) is 60.4 Å². The van der Waals surface area contributed by atoms with Gasteiger partial charge in [-0.25, -0.2) is 0 Å². The molecule has 0 unspecified atom stereocenters. The van der Waals surface area contributed by atoms with Crippen molar-refractivity contribution in [3.8, 4) is 0 Å². The maximum absolute atomic E-state index is 3.71. The largest absolute Gasteiger partial charge is 0.379 e. The average molecular weight is 360 g/mol. The molecule has 0 spiro atoms. The Balaban J connectivity index is 2.38. The fourth-order valence-electron chi connectivity index (χ4n) is 2.80. The summed E-state index contributed by atoms with van der Waals surface area (Å²) in [6.45, 7) is 12.1. The summed E-state index contributed by atoms with van der Waals surface area (Å²) in [5.41, 5.74) is 5.57. The summed E-state index contributed by atoms with van der Waals surface area (Å²) in [5.74, 6) is 0. The number of thiophene rings is 2. The molecule has 0 aliphatic carbocycles. The fraction of sp³-hybridized carbons (Fsp3) is 0.429. The standard InChI is InChI=1S/C21H29NS2/c1-6-10-17(7-2)13-19(22-14-18-11-9-12-23-18)21-16(5)15(4)20(8-3)24-21/h9-13,22H,6-8,14H2,1-5H3/b17-10+,19-13+. The Bertz CT molecular complexity index is 703. The Hall–Kier alpha value is -1.32. The van der Waals surface area contributed by atoms with E-state index in [2.05, 4.69) is 69.6 Å². The average Bonchev–Trinajstić information content (AvgIpc) is 3.20. The van der Waals surface area contributed by atoms with Crippen LogP contribution in [0.4, 0.5) is 0 Å². The van der Waals surface area contributed by atoms with Crippen LogP contribution in [0.3, 0.4) is 0 Å². The van der Waals surface area contributed by atoms with Crippen LogP contribution in [0.1, 0.15) is 59.4 Å². The predicted molar refractivity (Wildman–Crippen MR) is 111 cm³/mol. The number of rotatable bonds is 8. The minimum Gasteiger partial charge on any atom is -0.379 e. The van der Waals surface area contributed by atoms with Gasteiger partial charge in [0.05, 0.1) is 10.6 Å². The Morgan fingerprint density at radius 1 is 1.17 bits per heavy atom. The van der Waals surface area contributed by atoms with Gasteiger partial charge < -0.3 is 5.32 Å². The molecule has 0 aromatic carbocycles. The van der Waals surface area contributed by atoms with Crippen LogP contribution in [0, 0.1) is 13.8 Å². The number of aryl methyl sites for hydroxylation is 1. The third-order valence-corrected chi connectivity index (χ3v) is 6.80. The summed E-state index contributed by atoms with van der Waals surface area (Å²) in [6.07, 6.45) is 7.96. The summed E-state index contributed by atoms with van der Waals surface area (Å²) in [6, 6.07) is 4.32. The summed E-state index contributed by atoms with van der Waals surface area (Å²) < 4.78 is 0. The zero-order chi connectivity index (χ0) is 17.5. The van der Waals surface area contributed by atoms with Gasteiger partial charge in [-0.15, -0.1) is 22.7 Å². The van der Waals surface area contributed by atoms with E-state index in [9.17, 15) is 0 Å². The molecule has 2 heterocycles. The Labute approximate surface area is 155 Å². The minimum absolute atomic E-state index is 0.893. The van der Waals surface area contributed by atoms with Crippen LogP contribution in [-0.4, -0.2) is 0 Å². The van der Waals surface area contributed by atoms with Gasteiger partial charge in [-0.2, -0.15) is 0 Å². The first kappa shape index (κ1) is 19.0. The van der Waals surface area contributed by atoms with Gasteiger partial charge in [0.2, 0.25) is 0 Å². The molecule has 2 aromatic rings. The second-order valence-corrected chi connectivity index (χ2v) is 8.13. The molecule has 0 radical (unpaired) electrons. The van der Waals surface area contributed by atoms with Crippen LogP contribution in [0.25, 0.3) is 5.70 Å². The van der Waals surface area contributed by atoms with Crippen molar-refractivity contribution in [2.24, 2.45) is 0 Å². The van der Waals surface area contributed by atoms with Gasteiger partial charge in [-0.05, 0) is 61.8 Å². The molecular formula is C21H29NS2. The first-order valence-corrected chi connectivity index (χ1v) is 10.6. The van der Waals surface area contributed by atoms with Gasteiger partial charge >= 0.3 is 0 Å². The van der Waals surface area contributed by atoms with Crippen molar-refractivity contribution < 1.29 is 0 Å². The quantitative estimate of drug-likeness (QED) is 0.507. The number of allylic oxidation sites excluding steroid dienone is 3. The molecular weight excluding hydrogens is 330 g/mol. The first-order chi connectivity index (χ1) is 11.6. The summed E-state index contributed by atoms with van der Waals surface area (Å²) >= 11 is 3.76. The number of hydrogen-bond donors (Lipinski definition) is 1. The van der Waals surface area contributed by atoms with E-state index >= 15 is 0 Å². The Kier molecular flexibility index (Phi) is 7.32. The summed E-state index contributed by atoms with van der Waals surface area (Å²) in [4.78, 5) is 4.28. The van der Waals surface area contributed by atoms with Crippen LogP contribution >= 0.6 is 22.7 Å². The van der Waals surface area contributed by atoms with Gasteiger partial charge in [0.25, 0.3) is 0 Å². The lowest BCUT2D eigenvalue weighted by molar-refractivity contribution is 0.906. The van der Waals surface area contributed by atoms with Crippen molar-refractivity contribution in [3.05, 3.63) is 61.0 Å². The molecule has 1 nitrogen and oxygen atoms in total. The third-order valence-electron chi connectivity index (χ3n) is 4.35. The summed E-state index contributed by atoms with van der Waals surface area (Å²) in [7, 11) is 0. The van der Waals surface area contributed by atoms with Crippen molar-refractivity contribution >= 4 is 28.4 Å². The first-order valence-electron chi connectivity index (χ1n) is 8.86. The molecule has 3 heteroatoms. The van der Waals surface area contributed by atoms with E-state index in [1.807, 2.05) is 22.7 Å². The van der Waals surface area contributed by atoms with Crippen molar-refractivity contribution in [1.82, 2.24) is 5.32 Å². The van der Waals surface area contributed by atoms with Crippen LogP contribution in [-0.2, 0) is 13.0 Å². The molecule has 0 aliphatic rings. The minimum atomic E-state index is 0.893. The van der Waals surface area contributed by atoms with Crippen LogP contribution < -0.4 is 5.32 Å². The van der Waals surface area contributed by atoms with E-state index in [1.54, 1.807) is 0 Å². The molecule has 0 amide bonds. The maximum Gasteiger partial charge on any atom is 0.0536 e. The lowest BCUT2D eigenvalue weighted by atomic mass is 10.1. The zero-order valence-electron chi connectivity index (χ0n) is 15.5. The van der Waals surface area contributed by atoms with Gasteiger partial charge in [-0.1, -0.05) is 38.5 Å². The second-order valence-electron chi connectivity index (χ2n) is 5.99. The molecule has 0 fully saturated rings. The van der Waals surface area contributed by atoms with Crippen molar-refractivity contribution in [1.29, 1.82) is 0 Å². The van der Waals surface area contributed by atoms with E-state index < -0.39 is 0 Å². The van der Waals surface area contributed by atoms with Crippen LogP contribution in [0.15, 0.2) is 35.2 Å². The highest BCUT2D eigenvalue weighted by molar-refractivity contribution is 7.13. The van der Waals surface area contributed by atoms with Gasteiger partial charge in [0.1, 0.15) is 0 Å². The topological polar surface area (TPSA) is 12.0 Å². The third kappa shape index (κ3) is 4.61. The monoisotopic (exact) mass is 359 g/mol. The molecule has 0 saturated carbocycles. The van der Waals surface area contributed by atoms with Crippen LogP contribution in [0.5, 0.6) is 0 Å². The van der Waals surface area contributed by atoms with Crippen molar-refractivity contribution in [3.63, 3.8) is 0 Å². The highest BCUT2D eigenvalue weighted by Gasteiger charge is 2.14. The number of nitrogens with one attached hydrogen (secondary N) is 1. The molecule has 0 bridgehead atoms. The fourth-order valence-corrected chi connectivity index (χ4v) is 4.68. The Morgan fingerprint density at radius 2 is 1.96 bits per heavy atom. The van der Waals surface area contributed by atoms with E-state index in [-0.39, 0.29) is 0 Å². The molecule has 2 aromatic heterocycles. The molecule has 0 saturated heterocycles. The molecule has 24 heavy (non-hydrogen) atoms. The van der Waals surface area contributed by atoms with Crippen molar-refractivity contribution in [2.75, 3.05) is 0 Å². The summed E-state index contributed by atoms with van der Waals surface area (Å²) in [5, 5.41) is 5.85. The molecule has 0 atom stereocenters. The van der Waals surface area contributed by atoms with E-state index in [4.69, 9.17) is 0 Å². The highest BCUT2D eigenvalue weighted by atomic mass is 32.1. The maximum atomic E-state index is 3.71. The van der Waals surface area contributed by atoms with E-state index in [0.717, 1.165) is 25.8 Å².